The van der Waals surface area contributed by atoms with E-state index in [2.05, 4.69) is 5.73 Å². The molecule has 0 spiro atoms. The monoisotopic (exact) mass is 192 g/mol. The number of ether oxygens (including phenoxy) is 1. The highest BCUT2D eigenvalue weighted by Gasteiger charge is 2.02. The molecule has 5 N–H and O–H groups in total. The van der Waals surface area contributed by atoms with Gasteiger partial charge in [-0.05, 0) is 12.1 Å². The van der Waals surface area contributed by atoms with E-state index in [1.165, 1.54) is 7.11 Å². The molecule has 14 heavy (non-hydrogen) atoms. The molecule has 0 aliphatic rings. The van der Waals surface area contributed by atoms with Crippen molar-refractivity contribution in [3.05, 3.63) is 23.8 Å². The van der Waals surface area contributed by atoms with Gasteiger partial charge in [0.15, 0.2) is 0 Å². The number of para-hydroxylation sites is 1. The van der Waals surface area contributed by atoms with Crippen LogP contribution in [-0.4, -0.2) is 13.4 Å². The number of methoxy groups -OCH3 is 1. The second-order valence-electron chi connectivity index (χ2n) is 2.20. The number of anilines is 1. The Bertz CT molecular complexity index is 343. The summed E-state index contributed by atoms with van der Waals surface area (Å²) >= 11 is 0. The lowest BCUT2D eigenvalue weighted by molar-refractivity contribution is 0.417. The summed E-state index contributed by atoms with van der Waals surface area (Å²) in [6, 6.07) is 7.06. The first-order valence-electron chi connectivity index (χ1n) is 3.74. The number of nitrogens with one attached hydrogen (secondary N) is 1. The molecule has 0 bridgehead atoms. The van der Waals surface area contributed by atoms with Crippen molar-refractivity contribution < 1.29 is 4.74 Å². The number of hydrogen-bond acceptors (Lipinski definition) is 4. The molecular weight excluding hydrogens is 180 g/mol. The van der Waals surface area contributed by atoms with Crippen LogP contribution in [0.5, 0.6) is 5.75 Å². The Balaban J connectivity index is 0.000000500. The van der Waals surface area contributed by atoms with Crippen LogP contribution in [0.25, 0.3) is 0 Å². The van der Waals surface area contributed by atoms with Gasteiger partial charge in [-0.1, -0.05) is 6.07 Å². The van der Waals surface area contributed by atoms with Crippen molar-refractivity contribution in [2.75, 3.05) is 12.8 Å². The second kappa shape index (κ2) is 6.31. The zero-order valence-electron chi connectivity index (χ0n) is 7.82. The van der Waals surface area contributed by atoms with Crippen molar-refractivity contribution in [3.63, 3.8) is 0 Å². The second-order valence-corrected chi connectivity index (χ2v) is 2.20. The van der Waals surface area contributed by atoms with Gasteiger partial charge in [-0.25, -0.2) is 0 Å². The Morgan fingerprint density at radius 3 is 2.57 bits per heavy atom. The van der Waals surface area contributed by atoms with E-state index in [0.29, 0.717) is 17.0 Å². The summed E-state index contributed by atoms with van der Waals surface area (Å²) in [5.74, 6) is 0.545. The fourth-order valence-electron chi connectivity index (χ4n) is 0.820. The summed E-state index contributed by atoms with van der Waals surface area (Å²) in [6.07, 6.45) is 0.750. The molecule has 0 atom stereocenters. The standard InChI is InChI=1S/C8H8N2O.CH4N2/c1-11-7-4-2-3-6(5-9)8(7)10;2-1-3/h2-4H,10H2,1H3;1H,(H3,2,3). The average molecular weight is 192 g/mol. The van der Waals surface area contributed by atoms with Gasteiger partial charge in [-0.3, -0.25) is 5.41 Å². The van der Waals surface area contributed by atoms with E-state index in [9.17, 15) is 0 Å². The van der Waals surface area contributed by atoms with Crippen molar-refractivity contribution in [1.82, 2.24) is 0 Å². The number of nitrogens with zero attached hydrogens (tertiary/aromatic N) is 1. The average Bonchev–Trinajstić information content (AvgIpc) is 2.19. The van der Waals surface area contributed by atoms with Gasteiger partial charge in [0.25, 0.3) is 0 Å². The molecular formula is C9H12N4O. The topological polar surface area (TPSA) is 109 Å². The molecule has 0 radical (unpaired) electrons. The van der Waals surface area contributed by atoms with Crippen LogP contribution in [-0.2, 0) is 0 Å². The zero-order chi connectivity index (χ0) is 11.0. The van der Waals surface area contributed by atoms with E-state index in [1.807, 2.05) is 6.07 Å². The maximum atomic E-state index is 8.55. The van der Waals surface area contributed by atoms with Crippen molar-refractivity contribution in [3.8, 4) is 11.8 Å². The predicted octanol–water partition coefficient (Wildman–Crippen LogP) is 0.701. The number of benzene rings is 1. The SMILES string of the molecule is COc1cccc(C#N)c1N.N=CN. The highest BCUT2D eigenvalue weighted by atomic mass is 16.5. The summed E-state index contributed by atoms with van der Waals surface area (Å²) in [5.41, 5.74) is 10.8. The van der Waals surface area contributed by atoms with E-state index >= 15 is 0 Å². The molecule has 1 aromatic carbocycles. The van der Waals surface area contributed by atoms with Gasteiger partial charge in [-0.2, -0.15) is 5.26 Å². The molecule has 0 aliphatic carbocycles. The number of nitriles is 1. The Morgan fingerprint density at radius 2 is 2.14 bits per heavy atom. The molecule has 1 aromatic rings. The van der Waals surface area contributed by atoms with Crippen molar-refractivity contribution in [2.45, 2.75) is 0 Å². The molecule has 0 saturated carbocycles. The molecule has 1 rings (SSSR count). The van der Waals surface area contributed by atoms with Crippen LogP contribution in [0.3, 0.4) is 0 Å². The van der Waals surface area contributed by atoms with E-state index in [4.69, 9.17) is 21.1 Å². The van der Waals surface area contributed by atoms with Crippen molar-refractivity contribution in [2.24, 2.45) is 5.73 Å². The van der Waals surface area contributed by atoms with E-state index in [0.717, 1.165) is 6.34 Å². The molecule has 0 saturated heterocycles. The number of hydrogen-bond donors (Lipinski definition) is 3. The van der Waals surface area contributed by atoms with Gasteiger partial charge in [0.1, 0.15) is 11.8 Å². The fourth-order valence-corrected chi connectivity index (χ4v) is 0.820. The van der Waals surface area contributed by atoms with Crippen molar-refractivity contribution >= 4 is 12.0 Å². The molecule has 0 aromatic heterocycles. The van der Waals surface area contributed by atoms with Crippen LogP contribution >= 0.6 is 0 Å². The molecule has 0 amide bonds. The quantitative estimate of drug-likeness (QED) is 0.345. The minimum absolute atomic E-state index is 0.400. The van der Waals surface area contributed by atoms with Gasteiger partial charge < -0.3 is 16.2 Å². The summed E-state index contributed by atoms with van der Waals surface area (Å²) in [6.45, 7) is 0. The Hall–Kier alpha value is -2.22. The molecule has 0 aliphatic heterocycles. The molecule has 0 unspecified atom stereocenters. The third-order valence-corrected chi connectivity index (χ3v) is 1.41. The van der Waals surface area contributed by atoms with Gasteiger partial charge in [0, 0.05) is 0 Å². The van der Waals surface area contributed by atoms with Crippen LogP contribution in [0, 0.1) is 16.7 Å². The first-order valence-corrected chi connectivity index (χ1v) is 3.74. The summed E-state index contributed by atoms with van der Waals surface area (Å²) in [5, 5.41) is 14.4. The van der Waals surface area contributed by atoms with Crippen LogP contribution < -0.4 is 16.2 Å². The number of rotatable bonds is 1. The fraction of sp³-hybridized carbons (Fsp3) is 0.111. The van der Waals surface area contributed by atoms with Crippen molar-refractivity contribution in [1.29, 1.82) is 10.7 Å². The summed E-state index contributed by atoms with van der Waals surface area (Å²) < 4.78 is 4.91. The van der Waals surface area contributed by atoms with Crippen LogP contribution in [0.4, 0.5) is 5.69 Å². The van der Waals surface area contributed by atoms with E-state index in [-0.39, 0.29) is 0 Å². The molecule has 5 nitrogen and oxygen atoms in total. The third kappa shape index (κ3) is 3.03. The predicted molar refractivity (Wildman–Crippen MR) is 55.1 cm³/mol. The lowest BCUT2D eigenvalue weighted by Crippen LogP contribution is -1.94. The van der Waals surface area contributed by atoms with Gasteiger partial charge in [0.05, 0.1) is 24.7 Å². The highest BCUT2D eigenvalue weighted by Crippen LogP contribution is 2.23. The molecule has 74 valence electrons. The first kappa shape index (κ1) is 11.8. The van der Waals surface area contributed by atoms with Crippen LogP contribution in [0.15, 0.2) is 18.2 Å². The Labute approximate surface area is 82.4 Å². The normalized spacial score (nSPS) is 7.71. The minimum atomic E-state index is 0.400. The highest BCUT2D eigenvalue weighted by molar-refractivity contribution is 5.62. The van der Waals surface area contributed by atoms with Gasteiger partial charge in [0.2, 0.25) is 0 Å². The summed E-state index contributed by atoms with van der Waals surface area (Å²) in [4.78, 5) is 0. The third-order valence-electron chi connectivity index (χ3n) is 1.41. The number of nitrogen functional groups attached to an aromatic ring is 1. The van der Waals surface area contributed by atoms with Crippen LogP contribution in [0.2, 0.25) is 0 Å². The molecule has 5 heteroatoms. The first-order chi connectivity index (χ1) is 6.71. The van der Waals surface area contributed by atoms with Crippen LogP contribution in [0.1, 0.15) is 5.56 Å². The Morgan fingerprint density at radius 1 is 1.57 bits per heavy atom. The maximum absolute atomic E-state index is 8.55. The molecule has 0 fully saturated rings. The molecule has 0 heterocycles. The van der Waals surface area contributed by atoms with E-state index < -0.39 is 0 Å². The minimum Gasteiger partial charge on any atom is -0.495 e. The smallest absolute Gasteiger partial charge is 0.143 e. The summed E-state index contributed by atoms with van der Waals surface area (Å²) in [7, 11) is 1.52. The largest absolute Gasteiger partial charge is 0.495 e. The maximum Gasteiger partial charge on any atom is 0.143 e. The van der Waals surface area contributed by atoms with Gasteiger partial charge >= 0.3 is 0 Å². The zero-order valence-corrected chi connectivity index (χ0v) is 7.82. The van der Waals surface area contributed by atoms with E-state index in [1.54, 1.807) is 18.2 Å². The number of nitrogens with two attached hydrogens (primary N) is 2. The lowest BCUT2D eigenvalue weighted by Gasteiger charge is -2.03. The Kier molecular flexibility index (Phi) is 5.31. The van der Waals surface area contributed by atoms with Gasteiger partial charge in [-0.15, -0.1) is 0 Å². The lowest BCUT2D eigenvalue weighted by atomic mass is 10.2.